The molecule has 3 rings (SSSR count). The summed E-state index contributed by atoms with van der Waals surface area (Å²) < 4.78 is 2.24. The molecule has 1 amide bonds. The van der Waals surface area contributed by atoms with Crippen LogP contribution in [0.5, 0.6) is 0 Å². The topological polar surface area (TPSA) is 84.2 Å². The van der Waals surface area contributed by atoms with Crippen LogP contribution in [0.1, 0.15) is 51.0 Å². The molecule has 0 radical (unpaired) electrons. The van der Waals surface area contributed by atoms with Crippen LogP contribution in [0.2, 0.25) is 0 Å². The summed E-state index contributed by atoms with van der Waals surface area (Å²) in [5.41, 5.74) is 2.59. The summed E-state index contributed by atoms with van der Waals surface area (Å²) in [6, 6.07) is 6.18. The maximum absolute atomic E-state index is 11.7. The van der Waals surface area contributed by atoms with Crippen LogP contribution < -0.4 is 5.32 Å². The van der Waals surface area contributed by atoms with Crippen LogP contribution in [0, 0.1) is 0 Å². The van der Waals surface area contributed by atoms with Gasteiger partial charge in [0, 0.05) is 18.2 Å². The summed E-state index contributed by atoms with van der Waals surface area (Å²) in [4.78, 5) is 26.7. The van der Waals surface area contributed by atoms with Crippen molar-refractivity contribution < 1.29 is 14.7 Å². The Morgan fingerprint density at radius 1 is 1.22 bits per heavy atom. The van der Waals surface area contributed by atoms with Crippen LogP contribution in [-0.4, -0.2) is 26.5 Å². The number of aromatic nitrogens is 2. The number of carbonyl (C=O) groups is 2. The molecule has 0 aliphatic heterocycles. The summed E-state index contributed by atoms with van der Waals surface area (Å²) >= 11 is 0. The van der Waals surface area contributed by atoms with Gasteiger partial charge in [0.1, 0.15) is 0 Å². The second-order valence-electron chi connectivity index (χ2n) is 6.09. The van der Waals surface area contributed by atoms with E-state index in [-0.39, 0.29) is 18.7 Å². The summed E-state index contributed by atoms with van der Waals surface area (Å²) in [5, 5.41) is 11.3. The second-order valence-corrected chi connectivity index (χ2v) is 6.09. The van der Waals surface area contributed by atoms with Crippen LogP contribution >= 0.6 is 0 Å². The van der Waals surface area contributed by atoms with Crippen LogP contribution in [0.25, 0.3) is 11.0 Å². The molecule has 23 heavy (non-hydrogen) atoms. The minimum Gasteiger partial charge on any atom is -0.481 e. The number of imidazole rings is 1. The number of fused-ring (bicyclic) bond motifs is 1. The normalized spacial score (nSPS) is 15.7. The standard InChI is InChI=1S/C17H21N3O3/c21-16(8-9-17(22)23)19-12-6-7-15-14(10-12)18-11-20(15)13-4-2-1-3-5-13/h6-7,10-11,13H,1-5,8-9H2,(H,19,21)(H,22,23). The number of carboxylic acids is 1. The van der Waals surface area contributed by atoms with E-state index in [4.69, 9.17) is 5.11 Å². The average Bonchev–Trinajstić information content (AvgIpc) is 2.97. The number of benzene rings is 1. The van der Waals surface area contributed by atoms with Crippen LogP contribution in [0.3, 0.4) is 0 Å². The first kappa shape index (κ1) is 15.5. The van der Waals surface area contributed by atoms with Crippen molar-refractivity contribution in [3.8, 4) is 0 Å². The molecule has 2 N–H and O–H groups in total. The Morgan fingerprint density at radius 2 is 2.00 bits per heavy atom. The zero-order valence-corrected chi connectivity index (χ0v) is 13.0. The minimum absolute atomic E-state index is 0.0239. The number of carboxylic acid groups (broad SMARTS) is 1. The molecule has 1 heterocycles. The quantitative estimate of drug-likeness (QED) is 0.886. The molecule has 1 saturated carbocycles. The summed E-state index contributed by atoms with van der Waals surface area (Å²) in [6.07, 6.45) is 7.93. The fraction of sp³-hybridized carbons (Fsp3) is 0.471. The van der Waals surface area contributed by atoms with E-state index in [1.54, 1.807) is 0 Å². The fourth-order valence-electron chi connectivity index (χ4n) is 3.20. The lowest BCUT2D eigenvalue weighted by molar-refractivity contribution is -0.138. The molecule has 0 unspecified atom stereocenters. The first-order chi connectivity index (χ1) is 11.1. The predicted molar refractivity (Wildman–Crippen MR) is 87.4 cm³/mol. The maximum atomic E-state index is 11.7. The monoisotopic (exact) mass is 315 g/mol. The van der Waals surface area contributed by atoms with Gasteiger partial charge in [-0.15, -0.1) is 0 Å². The van der Waals surface area contributed by atoms with Crippen molar-refractivity contribution in [1.82, 2.24) is 9.55 Å². The Labute approximate surface area is 134 Å². The zero-order chi connectivity index (χ0) is 16.2. The Hall–Kier alpha value is -2.37. The van der Waals surface area contributed by atoms with Gasteiger partial charge in [0.25, 0.3) is 0 Å². The molecule has 6 heteroatoms. The molecule has 0 spiro atoms. The van der Waals surface area contributed by atoms with Gasteiger partial charge in [-0.25, -0.2) is 4.98 Å². The fourth-order valence-corrected chi connectivity index (χ4v) is 3.20. The third kappa shape index (κ3) is 3.70. The number of nitrogens with one attached hydrogen (secondary N) is 1. The number of rotatable bonds is 5. The largest absolute Gasteiger partial charge is 0.481 e. The van der Waals surface area contributed by atoms with Crippen molar-refractivity contribution in [2.45, 2.75) is 51.0 Å². The predicted octanol–water partition coefficient (Wildman–Crippen LogP) is 3.34. The molecule has 2 aromatic rings. The molecule has 1 aromatic carbocycles. The van der Waals surface area contributed by atoms with Crippen molar-refractivity contribution >= 4 is 28.6 Å². The highest BCUT2D eigenvalue weighted by atomic mass is 16.4. The van der Waals surface area contributed by atoms with E-state index in [0.29, 0.717) is 11.7 Å². The van der Waals surface area contributed by atoms with Gasteiger partial charge in [-0.3, -0.25) is 9.59 Å². The molecule has 1 fully saturated rings. The lowest BCUT2D eigenvalue weighted by Gasteiger charge is -2.23. The molecule has 122 valence electrons. The van der Waals surface area contributed by atoms with Gasteiger partial charge in [0.15, 0.2) is 0 Å². The van der Waals surface area contributed by atoms with E-state index in [1.807, 2.05) is 24.5 Å². The highest BCUT2D eigenvalue weighted by molar-refractivity contribution is 5.94. The zero-order valence-electron chi connectivity index (χ0n) is 13.0. The SMILES string of the molecule is O=C(O)CCC(=O)Nc1ccc2c(c1)ncn2C1CCCCC1. The highest BCUT2D eigenvalue weighted by Gasteiger charge is 2.17. The molecule has 1 aliphatic rings. The van der Waals surface area contributed by atoms with Gasteiger partial charge in [-0.1, -0.05) is 19.3 Å². The average molecular weight is 315 g/mol. The third-order valence-electron chi connectivity index (χ3n) is 4.39. The summed E-state index contributed by atoms with van der Waals surface area (Å²) in [5.74, 6) is -1.26. The Balaban J connectivity index is 1.72. The molecule has 0 bridgehead atoms. The van der Waals surface area contributed by atoms with Gasteiger partial charge < -0.3 is 15.0 Å². The first-order valence-corrected chi connectivity index (χ1v) is 8.12. The van der Waals surface area contributed by atoms with Crippen molar-refractivity contribution in [2.75, 3.05) is 5.32 Å². The lowest BCUT2D eigenvalue weighted by Crippen LogP contribution is -2.13. The number of nitrogens with zero attached hydrogens (tertiary/aromatic N) is 2. The number of amides is 1. The number of hydrogen-bond donors (Lipinski definition) is 2. The molecular formula is C17H21N3O3. The van der Waals surface area contributed by atoms with E-state index in [1.165, 1.54) is 32.1 Å². The smallest absolute Gasteiger partial charge is 0.303 e. The van der Waals surface area contributed by atoms with E-state index < -0.39 is 5.97 Å². The van der Waals surface area contributed by atoms with Gasteiger partial charge in [-0.05, 0) is 31.0 Å². The van der Waals surface area contributed by atoms with Crippen LogP contribution in [0.15, 0.2) is 24.5 Å². The van der Waals surface area contributed by atoms with Gasteiger partial charge in [0.2, 0.25) is 5.91 Å². The van der Waals surface area contributed by atoms with Gasteiger partial charge in [-0.2, -0.15) is 0 Å². The van der Waals surface area contributed by atoms with Crippen molar-refractivity contribution in [3.05, 3.63) is 24.5 Å². The molecule has 0 saturated heterocycles. The van der Waals surface area contributed by atoms with E-state index in [0.717, 1.165) is 11.0 Å². The summed E-state index contributed by atoms with van der Waals surface area (Å²) in [7, 11) is 0. The first-order valence-electron chi connectivity index (χ1n) is 8.12. The number of carbonyl (C=O) groups excluding carboxylic acids is 1. The van der Waals surface area contributed by atoms with Gasteiger partial charge >= 0.3 is 5.97 Å². The van der Waals surface area contributed by atoms with Crippen LogP contribution in [-0.2, 0) is 9.59 Å². The van der Waals surface area contributed by atoms with Gasteiger partial charge in [0.05, 0.1) is 23.8 Å². The Kier molecular flexibility index (Phi) is 4.60. The Bertz CT molecular complexity index is 717. The number of aliphatic carboxylic acids is 1. The number of anilines is 1. The van der Waals surface area contributed by atoms with Crippen molar-refractivity contribution in [2.24, 2.45) is 0 Å². The minimum atomic E-state index is -0.971. The second kappa shape index (κ2) is 6.81. The van der Waals surface area contributed by atoms with Crippen molar-refractivity contribution in [3.63, 3.8) is 0 Å². The Morgan fingerprint density at radius 3 is 2.74 bits per heavy atom. The molecule has 6 nitrogen and oxygen atoms in total. The molecule has 1 aromatic heterocycles. The van der Waals surface area contributed by atoms with E-state index >= 15 is 0 Å². The molecular weight excluding hydrogens is 294 g/mol. The van der Waals surface area contributed by atoms with Crippen molar-refractivity contribution in [1.29, 1.82) is 0 Å². The lowest BCUT2D eigenvalue weighted by atomic mass is 9.95. The third-order valence-corrected chi connectivity index (χ3v) is 4.39. The highest BCUT2D eigenvalue weighted by Crippen LogP contribution is 2.31. The molecule has 0 atom stereocenters. The van der Waals surface area contributed by atoms with E-state index in [2.05, 4.69) is 14.9 Å². The number of hydrogen-bond acceptors (Lipinski definition) is 3. The summed E-state index contributed by atoms with van der Waals surface area (Å²) in [6.45, 7) is 0. The van der Waals surface area contributed by atoms with E-state index in [9.17, 15) is 9.59 Å². The maximum Gasteiger partial charge on any atom is 0.303 e. The molecule has 1 aliphatic carbocycles. The van der Waals surface area contributed by atoms with Crippen LogP contribution in [0.4, 0.5) is 5.69 Å².